The van der Waals surface area contributed by atoms with Gasteiger partial charge in [0.2, 0.25) is 0 Å². The summed E-state index contributed by atoms with van der Waals surface area (Å²) in [5, 5.41) is 22.5. The van der Waals surface area contributed by atoms with Gasteiger partial charge in [-0.15, -0.1) is 10.2 Å². The number of halogens is 1. The molecule has 1 amide bonds. The normalized spacial score (nSPS) is 11.0. The lowest BCUT2D eigenvalue weighted by atomic mass is 10.2. The van der Waals surface area contributed by atoms with Crippen LogP contribution in [0.2, 0.25) is 0 Å². The van der Waals surface area contributed by atoms with E-state index in [1.54, 1.807) is 12.1 Å². The quantitative estimate of drug-likeness (QED) is 0.309. The molecule has 0 fully saturated rings. The zero-order valence-corrected chi connectivity index (χ0v) is 18.1. The number of carbonyl (C=O) groups is 1. The lowest BCUT2D eigenvalue weighted by Gasteiger charge is -2.04. The SMILES string of the molecule is COc1cc(C=NNC(=O)CSc2nnc(-c3cccc(Br)c3)n2C)ccc1O. The van der Waals surface area contributed by atoms with E-state index in [2.05, 4.69) is 36.7 Å². The molecule has 29 heavy (non-hydrogen) atoms. The van der Waals surface area contributed by atoms with Crippen LogP contribution in [-0.2, 0) is 11.8 Å². The fraction of sp³-hybridized carbons (Fsp3) is 0.158. The van der Waals surface area contributed by atoms with Crippen molar-refractivity contribution in [2.45, 2.75) is 5.16 Å². The average Bonchev–Trinajstić information content (AvgIpc) is 3.08. The Morgan fingerprint density at radius 2 is 2.17 bits per heavy atom. The van der Waals surface area contributed by atoms with Crippen molar-refractivity contribution in [3.63, 3.8) is 0 Å². The molecule has 1 aromatic heterocycles. The Kier molecular flexibility index (Phi) is 6.89. The van der Waals surface area contributed by atoms with Crippen LogP contribution >= 0.6 is 27.7 Å². The van der Waals surface area contributed by atoms with E-state index in [4.69, 9.17) is 4.74 Å². The number of amides is 1. The Balaban J connectivity index is 1.56. The van der Waals surface area contributed by atoms with Gasteiger partial charge in [0.05, 0.1) is 19.1 Å². The molecule has 0 aliphatic carbocycles. The number of ether oxygens (including phenoxy) is 1. The highest BCUT2D eigenvalue weighted by atomic mass is 79.9. The molecular weight excluding hydrogens is 458 g/mol. The maximum Gasteiger partial charge on any atom is 0.250 e. The number of aromatic hydroxyl groups is 1. The highest BCUT2D eigenvalue weighted by molar-refractivity contribution is 9.10. The number of aromatic nitrogens is 3. The van der Waals surface area contributed by atoms with Gasteiger partial charge < -0.3 is 14.4 Å². The maximum absolute atomic E-state index is 12.0. The second kappa shape index (κ2) is 9.57. The summed E-state index contributed by atoms with van der Waals surface area (Å²) in [7, 11) is 3.32. The van der Waals surface area contributed by atoms with E-state index in [1.807, 2.05) is 35.9 Å². The summed E-state index contributed by atoms with van der Waals surface area (Å²) in [6.45, 7) is 0. The minimum atomic E-state index is -0.274. The summed E-state index contributed by atoms with van der Waals surface area (Å²) < 4.78 is 7.83. The molecule has 0 saturated heterocycles. The third-order valence-electron chi connectivity index (χ3n) is 3.86. The number of carbonyl (C=O) groups excluding carboxylic acids is 1. The molecule has 1 heterocycles. The fourth-order valence-electron chi connectivity index (χ4n) is 2.44. The number of hydrogen-bond donors (Lipinski definition) is 2. The summed E-state index contributed by atoms with van der Waals surface area (Å²) in [4.78, 5) is 12.0. The first kappa shape index (κ1) is 20.9. The second-order valence-corrected chi connectivity index (χ2v) is 7.75. The van der Waals surface area contributed by atoms with Crippen molar-refractivity contribution >= 4 is 39.8 Å². The van der Waals surface area contributed by atoms with Gasteiger partial charge in [-0.05, 0) is 35.9 Å². The molecule has 2 aromatic carbocycles. The van der Waals surface area contributed by atoms with Crippen molar-refractivity contribution < 1.29 is 14.6 Å². The zero-order valence-electron chi connectivity index (χ0n) is 15.7. The maximum atomic E-state index is 12.0. The highest BCUT2D eigenvalue weighted by Gasteiger charge is 2.13. The van der Waals surface area contributed by atoms with E-state index in [0.717, 1.165) is 10.0 Å². The molecule has 8 nitrogen and oxygen atoms in total. The van der Waals surface area contributed by atoms with E-state index < -0.39 is 0 Å². The van der Waals surface area contributed by atoms with Gasteiger partial charge in [-0.25, -0.2) is 5.43 Å². The zero-order chi connectivity index (χ0) is 20.8. The van der Waals surface area contributed by atoms with E-state index >= 15 is 0 Å². The van der Waals surface area contributed by atoms with Crippen molar-refractivity contribution in [3.05, 3.63) is 52.5 Å². The molecule has 2 N–H and O–H groups in total. The summed E-state index contributed by atoms with van der Waals surface area (Å²) in [6.07, 6.45) is 1.47. The molecule has 150 valence electrons. The van der Waals surface area contributed by atoms with Crippen LogP contribution in [0.5, 0.6) is 11.5 Å². The first-order valence-electron chi connectivity index (χ1n) is 8.45. The molecule has 0 saturated carbocycles. The van der Waals surface area contributed by atoms with E-state index in [9.17, 15) is 9.90 Å². The van der Waals surface area contributed by atoms with Gasteiger partial charge in [0.1, 0.15) is 0 Å². The first-order valence-corrected chi connectivity index (χ1v) is 10.2. The van der Waals surface area contributed by atoms with Crippen LogP contribution in [-0.4, -0.2) is 44.9 Å². The number of phenols is 1. The van der Waals surface area contributed by atoms with E-state index in [-0.39, 0.29) is 17.4 Å². The van der Waals surface area contributed by atoms with Gasteiger partial charge in [-0.1, -0.05) is 39.8 Å². The van der Waals surface area contributed by atoms with Crippen LogP contribution in [0.4, 0.5) is 0 Å². The minimum Gasteiger partial charge on any atom is -0.504 e. The predicted octanol–water partition coefficient (Wildman–Crippen LogP) is 3.20. The highest BCUT2D eigenvalue weighted by Crippen LogP contribution is 2.26. The summed E-state index contributed by atoms with van der Waals surface area (Å²) >= 11 is 4.71. The van der Waals surface area contributed by atoms with Gasteiger partial charge in [-0.2, -0.15) is 5.10 Å². The summed E-state index contributed by atoms with van der Waals surface area (Å²) in [6, 6.07) is 12.5. The molecule has 0 aliphatic rings. The number of thioether (sulfide) groups is 1. The van der Waals surface area contributed by atoms with Gasteiger partial charge >= 0.3 is 0 Å². The number of rotatable bonds is 7. The Labute approximate surface area is 180 Å². The first-order chi connectivity index (χ1) is 14.0. The van der Waals surface area contributed by atoms with Crippen LogP contribution in [0.25, 0.3) is 11.4 Å². The van der Waals surface area contributed by atoms with Crippen molar-refractivity contribution in [1.82, 2.24) is 20.2 Å². The number of hydrazone groups is 1. The molecule has 0 radical (unpaired) electrons. The fourth-order valence-corrected chi connectivity index (χ4v) is 3.54. The number of phenolic OH excluding ortho intramolecular Hbond substituents is 1. The van der Waals surface area contributed by atoms with E-state index in [1.165, 1.54) is 31.2 Å². The molecule has 3 rings (SSSR count). The van der Waals surface area contributed by atoms with Gasteiger partial charge in [0.15, 0.2) is 22.5 Å². The smallest absolute Gasteiger partial charge is 0.250 e. The van der Waals surface area contributed by atoms with Crippen molar-refractivity contribution in [3.8, 4) is 22.9 Å². The monoisotopic (exact) mass is 475 g/mol. The van der Waals surface area contributed by atoms with Crippen molar-refractivity contribution in [1.29, 1.82) is 0 Å². The van der Waals surface area contributed by atoms with Crippen LogP contribution < -0.4 is 10.2 Å². The summed E-state index contributed by atoms with van der Waals surface area (Å²) in [5.74, 6) is 0.952. The molecule has 0 atom stereocenters. The van der Waals surface area contributed by atoms with Crippen molar-refractivity contribution in [2.75, 3.05) is 12.9 Å². The number of nitrogens with zero attached hydrogens (tertiary/aromatic N) is 4. The number of benzene rings is 2. The Morgan fingerprint density at radius 1 is 1.34 bits per heavy atom. The lowest BCUT2D eigenvalue weighted by molar-refractivity contribution is -0.118. The summed E-state index contributed by atoms with van der Waals surface area (Å²) in [5.41, 5.74) is 4.07. The van der Waals surface area contributed by atoms with Crippen LogP contribution in [0.15, 0.2) is 57.2 Å². The molecule has 0 unspecified atom stereocenters. The van der Waals surface area contributed by atoms with Gasteiger partial charge in [-0.3, -0.25) is 4.79 Å². The minimum absolute atomic E-state index is 0.0380. The van der Waals surface area contributed by atoms with Gasteiger partial charge in [0.25, 0.3) is 5.91 Å². The number of methoxy groups -OCH3 is 1. The third-order valence-corrected chi connectivity index (χ3v) is 5.37. The van der Waals surface area contributed by atoms with Crippen molar-refractivity contribution in [2.24, 2.45) is 12.1 Å². The van der Waals surface area contributed by atoms with Crippen LogP contribution in [0.1, 0.15) is 5.56 Å². The topological polar surface area (TPSA) is 102 Å². The Bertz CT molecular complexity index is 1050. The molecule has 0 aliphatic heterocycles. The molecule has 0 spiro atoms. The van der Waals surface area contributed by atoms with Crippen LogP contribution in [0, 0.1) is 0 Å². The third kappa shape index (κ3) is 5.36. The number of nitrogens with one attached hydrogen (secondary N) is 1. The molecule has 10 heteroatoms. The van der Waals surface area contributed by atoms with Gasteiger partial charge in [0, 0.05) is 17.1 Å². The van der Waals surface area contributed by atoms with E-state index in [0.29, 0.717) is 22.3 Å². The molecule has 3 aromatic rings. The Hall–Kier alpha value is -2.85. The average molecular weight is 476 g/mol. The standard InChI is InChI=1S/C19H18BrN5O3S/c1-25-18(13-4-3-5-14(20)9-13)23-24-19(25)29-11-17(27)22-21-10-12-6-7-15(26)16(8-12)28-2/h3-10,26H,11H2,1-2H3,(H,22,27). The largest absolute Gasteiger partial charge is 0.504 e. The lowest BCUT2D eigenvalue weighted by Crippen LogP contribution is -2.19. The molecule has 0 bridgehead atoms. The Morgan fingerprint density at radius 3 is 2.93 bits per heavy atom. The molecular formula is C19H18BrN5O3S. The van der Waals surface area contributed by atoms with Crippen LogP contribution in [0.3, 0.4) is 0 Å². The predicted molar refractivity (Wildman–Crippen MR) is 115 cm³/mol. The number of hydrogen-bond acceptors (Lipinski definition) is 7. The second-order valence-electron chi connectivity index (χ2n) is 5.89.